The maximum atomic E-state index is 12.3. The van der Waals surface area contributed by atoms with Gasteiger partial charge in [0.1, 0.15) is 5.75 Å². The highest BCUT2D eigenvalue weighted by Crippen LogP contribution is 2.26. The molecule has 0 bridgehead atoms. The van der Waals surface area contributed by atoms with E-state index in [1.54, 1.807) is 12.1 Å². The average Bonchev–Trinajstić information content (AvgIpc) is 2.48. The second kappa shape index (κ2) is 7.89. The van der Waals surface area contributed by atoms with Gasteiger partial charge < -0.3 is 10.1 Å². The number of nitrogens with one attached hydrogen (secondary N) is 1. The van der Waals surface area contributed by atoms with Crippen LogP contribution in [-0.2, 0) is 11.2 Å². The number of amides is 1. The lowest BCUT2D eigenvalue weighted by Crippen LogP contribution is -2.14. The lowest BCUT2D eigenvalue weighted by atomic mass is 10.1. The van der Waals surface area contributed by atoms with E-state index in [4.69, 9.17) is 0 Å². The molecule has 0 saturated carbocycles. The monoisotopic (exact) mass is 369 g/mol. The van der Waals surface area contributed by atoms with E-state index < -0.39 is 6.61 Å². The normalized spacial score (nSPS) is 10.5. The molecule has 3 nitrogen and oxygen atoms in total. The minimum absolute atomic E-state index is 0.0493. The second-order valence-corrected chi connectivity index (χ2v) is 5.37. The predicted molar refractivity (Wildman–Crippen MR) is 84.2 cm³/mol. The van der Waals surface area contributed by atoms with Crippen molar-refractivity contribution in [2.45, 2.75) is 19.5 Å². The van der Waals surface area contributed by atoms with Crippen LogP contribution >= 0.6 is 15.9 Å². The third kappa shape index (κ3) is 4.80. The number of hydrogen-bond acceptors (Lipinski definition) is 2. The molecule has 0 aromatic heterocycles. The summed E-state index contributed by atoms with van der Waals surface area (Å²) in [6.45, 7) is -2.93. The Bertz CT molecular complexity index is 650. The summed E-state index contributed by atoms with van der Waals surface area (Å²) in [5, 5.41) is 2.59. The van der Waals surface area contributed by atoms with Crippen molar-refractivity contribution in [3.8, 4) is 5.75 Å². The fraction of sp³-hybridized carbons (Fsp3) is 0.188. The Hall–Kier alpha value is -1.95. The predicted octanol–water partition coefficient (Wildman–Crippen LogP) is 4.62. The number of alkyl halides is 2. The first kappa shape index (κ1) is 16.4. The van der Waals surface area contributed by atoms with Crippen LogP contribution in [0.1, 0.15) is 12.0 Å². The highest BCUT2D eigenvalue weighted by molar-refractivity contribution is 9.10. The van der Waals surface area contributed by atoms with Crippen molar-refractivity contribution >= 4 is 27.5 Å². The molecular weight excluding hydrogens is 356 g/mol. The lowest BCUT2D eigenvalue weighted by molar-refractivity contribution is -0.116. The van der Waals surface area contributed by atoms with Crippen LogP contribution in [0.15, 0.2) is 53.0 Å². The first-order valence-corrected chi connectivity index (χ1v) is 7.42. The first-order valence-electron chi connectivity index (χ1n) is 6.63. The summed E-state index contributed by atoms with van der Waals surface area (Å²) in [7, 11) is 0. The van der Waals surface area contributed by atoms with Gasteiger partial charge in [0.15, 0.2) is 0 Å². The molecule has 0 aliphatic carbocycles. The lowest BCUT2D eigenvalue weighted by Gasteiger charge is -2.11. The Morgan fingerprint density at radius 1 is 1.14 bits per heavy atom. The van der Waals surface area contributed by atoms with Crippen LogP contribution in [0.2, 0.25) is 0 Å². The number of para-hydroxylation sites is 2. The van der Waals surface area contributed by atoms with Crippen molar-refractivity contribution in [1.82, 2.24) is 0 Å². The minimum atomic E-state index is -2.93. The molecule has 0 fully saturated rings. The molecule has 1 amide bonds. The van der Waals surface area contributed by atoms with Gasteiger partial charge in [-0.15, -0.1) is 0 Å². The van der Waals surface area contributed by atoms with Gasteiger partial charge >= 0.3 is 6.61 Å². The molecule has 0 heterocycles. The van der Waals surface area contributed by atoms with Crippen molar-refractivity contribution in [3.05, 3.63) is 58.6 Å². The number of hydrogen-bond donors (Lipinski definition) is 1. The number of halogens is 3. The maximum Gasteiger partial charge on any atom is 0.387 e. The smallest absolute Gasteiger partial charge is 0.387 e. The minimum Gasteiger partial charge on any atom is -0.433 e. The van der Waals surface area contributed by atoms with Crippen LogP contribution in [0, 0.1) is 0 Å². The number of ether oxygens (including phenoxy) is 1. The van der Waals surface area contributed by atoms with Gasteiger partial charge in [0.05, 0.1) is 5.69 Å². The number of anilines is 1. The summed E-state index contributed by atoms with van der Waals surface area (Å²) < 4.78 is 29.9. The molecule has 22 heavy (non-hydrogen) atoms. The molecule has 0 radical (unpaired) electrons. The summed E-state index contributed by atoms with van der Waals surface area (Å²) in [5.74, 6) is -0.312. The van der Waals surface area contributed by atoms with Crippen LogP contribution in [0.3, 0.4) is 0 Å². The van der Waals surface area contributed by atoms with Crippen molar-refractivity contribution in [3.63, 3.8) is 0 Å². The van der Waals surface area contributed by atoms with E-state index >= 15 is 0 Å². The zero-order valence-electron chi connectivity index (χ0n) is 11.6. The molecule has 0 unspecified atom stereocenters. The Morgan fingerprint density at radius 3 is 2.55 bits per heavy atom. The fourth-order valence-corrected chi connectivity index (χ4v) is 2.41. The van der Waals surface area contributed by atoms with E-state index in [2.05, 4.69) is 26.0 Å². The number of benzene rings is 2. The van der Waals surface area contributed by atoms with Crippen LogP contribution < -0.4 is 10.1 Å². The van der Waals surface area contributed by atoms with E-state index in [9.17, 15) is 13.6 Å². The number of carbonyl (C=O) groups is 1. The highest BCUT2D eigenvalue weighted by atomic mass is 79.9. The molecule has 116 valence electrons. The number of carbonyl (C=O) groups excluding carboxylic acids is 1. The van der Waals surface area contributed by atoms with Gasteiger partial charge in [-0.1, -0.05) is 46.3 Å². The molecule has 0 spiro atoms. The van der Waals surface area contributed by atoms with E-state index in [1.807, 2.05) is 24.3 Å². The van der Waals surface area contributed by atoms with Gasteiger partial charge in [-0.2, -0.15) is 8.78 Å². The van der Waals surface area contributed by atoms with Crippen LogP contribution in [0.25, 0.3) is 0 Å². The Balaban J connectivity index is 1.96. The molecule has 6 heteroatoms. The molecule has 0 saturated heterocycles. The van der Waals surface area contributed by atoms with E-state index in [1.165, 1.54) is 12.1 Å². The Kier molecular flexibility index (Phi) is 5.89. The van der Waals surface area contributed by atoms with E-state index in [-0.39, 0.29) is 23.8 Å². The van der Waals surface area contributed by atoms with Crippen LogP contribution in [0.5, 0.6) is 5.75 Å². The average molecular weight is 370 g/mol. The molecule has 2 rings (SSSR count). The summed E-state index contributed by atoms with van der Waals surface area (Å²) in [4.78, 5) is 12.0. The maximum absolute atomic E-state index is 12.3. The fourth-order valence-electron chi connectivity index (χ4n) is 1.93. The summed E-state index contributed by atoms with van der Waals surface area (Å²) in [6.07, 6.45) is 0.788. The molecular formula is C16H14BrF2NO2. The molecule has 0 aliphatic rings. The molecule has 2 aromatic carbocycles. The summed E-state index contributed by atoms with van der Waals surface area (Å²) >= 11 is 3.42. The molecule has 0 aliphatic heterocycles. The van der Waals surface area contributed by atoms with Crippen molar-refractivity contribution in [2.75, 3.05) is 5.32 Å². The largest absolute Gasteiger partial charge is 0.433 e. The SMILES string of the molecule is O=C(CCc1ccccc1Br)Nc1ccccc1OC(F)F. The van der Waals surface area contributed by atoms with E-state index in [0.29, 0.717) is 6.42 Å². The van der Waals surface area contributed by atoms with Gasteiger partial charge in [-0.25, -0.2) is 0 Å². The van der Waals surface area contributed by atoms with E-state index in [0.717, 1.165) is 10.0 Å². The number of rotatable bonds is 6. The van der Waals surface area contributed by atoms with Gasteiger partial charge in [0, 0.05) is 10.9 Å². The van der Waals surface area contributed by atoms with Gasteiger partial charge in [0.25, 0.3) is 0 Å². The van der Waals surface area contributed by atoms with Crippen molar-refractivity contribution < 1.29 is 18.3 Å². The van der Waals surface area contributed by atoms with Crippen LogP contribution in [-0.4, -0.2) is 12.5 Å². The standard InChI is InChI=1S/C16H14BrF2NO2/c17-12-6-2-1-5-11(12)9-10-15(21)20-13-7-3-4-8-14(13)22-16(18)19/h1-8,16H,9-10H2,(H,20,21). The second-order valence-electron chi connectivity index (χ2n) is 4.51. The highest BCUT2D eigenvalue weighted by Gasteiger charge is 2.11. The number of aryl methyl sites for hydroxylation is 1. The Labute approximate surface area is 135 Å². The molecule has 2 aromatic rings. The van der Waals surface area contributed by atoms with Gasteiger partial charge in [0.2, 0.25) is 5.91 Å². The third-order valence-electron chi connectivity index (χ3n) is 2.96. The Morgan fingerprint density at radius 2 is 1.82 bits per heavy atom. The van der Waals surface area contributed by atoms with Gasteiger partial charge in [-0.3, -0.25) is 4.79 Å². The summed E-state index contributed by atoms with van der Waals surface area (Å²) in [6, 6.07) is 13.7. The topological polar surface area (TPSA) is 38.3 Å². The van der Waals surface area contributed by atoms with Crippen molar-refractivity contribution in [2.24, 2.45) is 0 Å². The quantitative estimate of drug-likeness (QED) is 0.806. The van der Waals surface area contributed by atoms with Crippen LogP contribution in [0.4, 0.5) is 14.5 Å². The zero-order chi connectivity index (χ0) is 15.9. The summed E-state index contributed by atoms with van der Waals surface area (Å²) in [5.41, 5.74) is 1.25. The van der Waals surface area contributed by atoms with Gasteiger partial charge in [-0.05, 0) is 30.2 Å². The zero-order valence-corrected chi connectivity index (χ0v) is 13.1. The van der Waals surface area contributed by atoms with Crippen molar-refractivity contribution in [1.29, 1.82) is 0 Å². The molecule has 0 atom stereocenters. The third-order valence-corrected chi connectivity index (χ3v) is 3.73. The first-order chi connectivity index (χ1) is 10.6. The molecule has 1 N–H and O–H groups in total.